The van der Waals surface area contributed by atoms with Crippen LogP contribution in [0.3, 0.4) is 0 Å². The summed E-state index contributed by atoms with van der Waals surface area (Å²) in [7, 11) is -5.98. The van der Waals surface area contributed by atoms with Crippen molar-refractivity contribution in [2.75, 3.05) is 0 Å². The molecule has 77 heavy (non-hydrogen) atoms. The van der Waals surface area contributed by atoms with Gasteiger partial charge in [0, 0.05) is 32.7 Å². The molecule has 0 fully saturated rings. The molecular weight excluding hydrogens is 953 g/mol. The van der Waals surface area contributed by atoms with Gasteiger partial charge < -0.3 is 4.74 Å². The maximum absolute atomic E-state index is 10.7. The second-order valence-electron chi connectivity index (χ2n) is 19.0. The van der Waals surface area contributed by atoms with Crippen molar-refractivity contribution >= 4 is 61.7 Å². The van der Waals surface area contributed by atoms with Gasteiger partial charge in [0.1, 0.15) is 17.3 Å². The lowest BCUT2D eigenvalue weighted by Crippen LogP contribution is -2.74. The molecule has 10 aromatic carbocycles. The van der Waals surface area contributed by atoms with Gasteiger partial charge in [-0.15, -0.1) is 0 Å². The van der Waals surface area contributed by atoms with Crippen LogP contribution < -0.4 is 30.1 Å². The average Bonchev–Trinajstić information content (AvgIpc) is 1.45. The van der Waals surface area contributed by atoms with E-state index in [-0.39, 0.29) is 33.8 Å². The summed E-state index contributed by atoms with van der Waals surface area (Å²) >= 11 is 0. The predicted molar refractivity (Wildman–Crippen MR) is 320 cm³/mol. The first-order chi connectivity index (χ1) is 48.5. The molecule has 6 heteroatoms. The molecule has 3 aromatic heterocycles. The highest BCUT2D eigenvalue weighted by atomic mass is 28.3. The first-order valence-corrected chi connectivity index (χ1v) is 26.3. The largest absolute Gasteiger partial charge is 0.458 e. The van der Waals surface area contributed by atoms with E-state index in [9.17, 15) is 12.3 Å². The van der Waals surface area contributed by atoms with Gasteiger partial charge >= 0.3 is 0 Å². The van der Waals surface area contributed by atoms with E-state index in [2.05, 4.69) is 6.33 Å². The summed E-state index contributed by atoms with van der Waals surface area (Å²) < 4.78 is 249. The van der Waals surface area contributed by atoms with E-state index in [1.807, 2.05) is 51.1 Å². The van der Waals surface area contributed by atoms with Gasteiger partial charge in [0.25, 0.3) is 6.33 Å². The summed E-state index contributed by atoms with van der Waals surface area (Å²) in [5.74, 6) is 0.778. The minimum Gasteiger partial charge on any atom is -0.458 e. The fourth-order valence-corrected chi connectivity index (χ4v) is 13.7. The number of hydrogen-bond acceptors (Lipinski definition) is 2. The third-order valence-electron chi connectivity index (χ3n) is 13.4. The summed E-state index contributed by atoms with van der Waals surface area (Å²) in [5, 5.41) is -1.70. The normalized spacial score (nSPS) is 16.8. The number of aromatic nitrogens is 4. The van der Waals surface area contributed by atoms with Crippen molar-refractivity contribution in [3.8, 4) is 50.9 Å². The van der Waals surface area contributed by atoms with Crippen molar-refractivity contribution in [1.82, 2.24) is 14.1 Å². The van der Waals surface area contributed by atoms with Crippen LogP contribution in [0.1, 0.15) is 67.5 Å². The Kier molecular flexibility index (Phi) is 6.78. The van der Waals surface area contributed by atoms with Gasteiger partial charge in [-0.25, -0.2) is 4.98 Å². The molecule has 0 amide bonds. The van der Waals surface area contributed by atoms with Crippen LogP contribution in [0.15, 0.2) is 266 Å². The standard InChI is InChI=1S/C71H56N4OSi/c1-50-44-69(72-48-63(50)51-24-9-5-10-25-51)75-65-39-18-17-36-61(65)62-43-42-55(47-68(62)75)76-54-28-22-27-53(46-54)73-49-74(67-41-20-19-40-66(67)73)70-60(37-23-38-64(70)71(2,3)4)52-26-21-35-59(45-52)77(56-29-11-6-12-30-56,57-31-13-7-14-32-57)58-33-15-8-16-34-58/h5-48H,1-4H3/i1D3,5D,6D,7D,8D,9D,10D,11D,12D,13D,14D,15D,16D,21D,24D,25D,26D,29D,30D,31D,32D,33D,35D,45D. The first-order valence-electron chi connectivity index (χ1n) is 37.3. The Bertz CT molecular complexity index is 5690. The van der Waals surface area contributed by atoms with Crippen LogP contribution >= 0.6 is 0 Å². The predicted octanol–water partition coefficient (Wildman–Crippen LogP) is 14.3. The van der Waals surface area contributed by atoms with E-state index in [1.165, 1.54) is 18.3 Å². The molecular formula is C71H56N4OSi. The number of benzene rings is 10. The van der Waals surface area contributed by atoms with Gasteiger partial charge in [0.15, 0.2) is 8.07 Å². The lowest BCUT2D eigenvalue weighted by molar-refractivity contribution is -0.572. The van der Waals surface area contributed by atoms with Crippen LogP contribution in [0, 0.1) is 13.2 Å². The van der Waals surface area contributed by atoms with Gasteiger partial charge in [-0.05, 0) is 103 Å². The Morgan fingerprint density at radius 3 is 1.96 bits per heavy atom. The number of imidazole rings is 1. The molecule has 0 atom stereocenters. The molecule has 0 saturated heterocycles. The van der Waals surface area contributed by atoms with Crippen LogP contribution in [0.5, 0.6) is 11.5 Å². The fraction of sp³-hybridized carbons (Fsp3) is 0.0704. The summed E-state index contributed by atoms with van der Waals surface area (Å²) in [6, 6.07) is 13.6. The summed E-state index contributed by atoms with van der Waals surface area (Å²) in [6.45, 7) is 2.84. The van der Waals surface area contributed by atoms with E-state index in [1.54, 1.807) is 86.5 Å². The molecule has 0 saturated carbocycles. The number of aryl methyl sites for hydroxylation is 1. The molecule has 13 rings (SSSR count). The van der Waals surface area contributed by atoms with Gasteiger partial charge in [0.05, 0.1) is 65.0 Å². The third-order valence-corrected chi connectivity index (χ3v) is 17.5. The second-order valence-corrected chi connectivity index (χ2v) is 22.5. The molecule has 0 radical (unpaired) electrons. The fourth-order valence-electron chi connectivity index (χ4n) is 10.0. The summed E-state index contributed by atoms with van der Waals surface area (Å²) in [6.07, 6.45) is 4.70. The topological polar surface area (TPSA) is 35.9 Å². The highest BCUT2D eigenvalue weighted by Crippen LogP contribution is 2.38. The molecule has 0 bridgehead atoms. The molecule has 0 aliphatic heterocycles. The SMILES string of the molecule is [2H]c1cc([Si](c2c([2H])c([2H])c([2H])c([2H])c2[2H])(c2c([2H])c([2H])c([2H])c([2H])c2[2H])c2c([2H])c([2H])c([2H])c(-c3cccc(C(C)(C)C)c3-[n+]3[c-]n(-c4cccc(Oc5ccc6c7ccccc7n(-c7cc(C([2H])([2H])[2H])c(-c8c([2H])c([2H])c([2H])c([2H])c8[2H])cn7)c6c5)c4)c4ccccc43)c2[2H])c([2H])c([2H])c1[2H]. The molecule has 0 aliphatic rings. The minimum atomic E-state index is -5.98. The highest BCUT2D eigenvalue weighted by Gasteiger charge is 2.41. The number of ether oxygens (including phenoxy) is 1. The lowest BCUT2D eigenvalue weighted by atomic mass is 9.83. The zero-order valence-electron chi connectivity index (χ0n) is 67.3. The maximum atomic E-state index is 10.7. The van der Waals surface area contributed by atoms with E-state index in [0.717, 1.165) is 16.8 Å². The highest BCUT2D eigenvalue weighted by molar-refractivity contribution is 7.19. The van der Waals surface area contributed by atoms with E-state index >= 15 is 0 Å². The van der Waals surface area contributed by atoms with Gasteiger partial charge in [-0.1, -0.05) is 233 Å². The monoisotopic (exact) mass is 1030 g/mol. The Morgan fingerprint density at radius 1 is 0.545 bits per heavy atom. The molecule has 13 aromatic rings. The van der Waals surface area contributed by atoms with Gasteiger partial charge in [-0.3, -0.25) is 13.7 Å². The number of para-hydroxylation sites is 4. The van der Waals surface area contributed by atoms with Crippen molar-refractivity contribution in [3.05, 3.63) is 284 Å². The Labute approximate surface area is 487 Å². The summed E-state index contributed by atoms with van der Waals surface area (Å²) in [4.78, 5) is 4.70. The van der Waals surface area contributed by atoms with Crippen LogP contribution in [0.2, 0.25) is 0 Å². The van der Waals surface area contributed by atoms with Crippen LogP contribution in [-0.2, 0) is 5.41 Å². The van der Waals surface area contributed by atoms with Crippen molar-refractivity contribution in [2.24, 2.45) is 0 Å². The number of rotatable bonds is 11. The molecule has 3 heterocycles. The van der Waals surface area contributed by atoms with E-state index in [4.69, 9.17) is 33.0 Å². The Hall–Kier alpha value is -9.36. The molecule has 0 spiro atoms. The zero-order chi connectivity index (χ0) is 74.6. The first kappa shape index (κ1) is 26.9. The van der Waals surface area contributed by atoms with Crippen LogP contribution in [0.4, 0.5) is 0 Å². The van der Waals surface area contributed by atoms with Crippen molar-refractivity contribution in [3.63, 3.8) is 0 Å². The molecule has 5 nitrogen and oxygen atoms in total. The van der Waals surface area contributed by atoms with Crippen molar-refractivity contribution < 1.29 is 44.9 Å². The number of fused-ring (bicyclic) bond motifs is 4. The number of pyridine rings is 1. The minimum absolute atomic E-state index is 0.0148. The Balaban J connectivity index is 1.02. The number of hydrogen-bond donors (Lipinski definition) is 0. The average molecular weight is 1040 g/mol. The maximum Gasteiger partial charge on any atom is 0.269 e. The van der Waals surface area contributed by atoms with Crippen LogP contribution in [0.25, 0.3) is 72.3 Å². The van der Waals surface area contributed by atoms with Crippen LogP contribution in [-0.4, -0.2) is 22.2 Å². The van der Waals surface area contributed by atoms with Gasteiger partial charge in [0.2, 0.25) is 0 Å². The van der Waals surface area contributed by atoms with Crippen molar-refractivity contribution in [1.29, 1.82) is 0 Å². The van der Waals surface area contributed by atoms with Crippen molar-refractivity contribution in [2.45, 2.75) is 33.0 Å². The lowest BCUT2D eigenvalue weighted by Gasteiger charge is -2.35. The van der Waals surface area contributed by atoms with E-state index < -0.39 is 186 Å². The third kappa shape index (κ3) is 8.35. The summed E-state index contributed by atoms with van der Waals surface area (Å²) in [5.41, 5.74) is 1.41. The zero-order valence-corrected chi connectivity index (χ0v) is 42.3. The second kappa shape index (κ2) is 19.4. The number of nitrogens with zero attached hydrogens (tertiary/aromatic N) is 4. The van der Waals surface area contributed by atoms with E-state index in [0.29, 0.717) is 44.8 Å². The van der Waals surface area contributed by atoms with Gasteiger partial charge in [-0.2, -0.15) is 0 Å². The molecule has 0 N–H and O–H groups in total. The smallest absolute Gasteiger partial charge is 0.269 e. The Morgan fingerprint density at radius 2 is 1.19 bits per heavy atom. The molecule has 0 unspecified atom stereocenters. The molecule has 370 valence electrons. The molecule has 0 aliphatic carbocycles. The quantitative estimate of drug-likeness (QED) is 0.0560.